The molecule has 0 aliphatic heterocycles. The number of halogens is 1. The smallest absolute Gasteiger partial charge is 0.336 e. The van der Waals surface area contributed by atoms with Crippen molar-refractivity contribution in [3.05, 3.63) is 41.2 Å². The monoisotopic (exact) mass is 209 g/mol. The summed E-state index contributed by atoms with van der Waals surface area (Å²) >= 11 is 0. The molecule has 1 amide bonds. The second kappa shape index (κ2) is 4.36. The zero-order chi connectivity index (χ0) is 11.4. The minimum Gasteiger partial charge on any atom is -0.478 e. The van der Waals surface area contributed by atoms with Crippen LogP contribution in [0.5, 0.6) is 0 Å². The molecule has 0 atom stereocenters. The fourth-order valence-electron chi connectivity index (χ4n) is 1.04. The maximum atomic E-state index is 12.8. The first-order valence-corrected chi connectivity index (χ1v) is 4.01. The molecule has 15 heavy (non-hydrogen) atoms. The number of hydrogen-bond donors (Lipinski definition) is 2. The summed E-state index contributed by atoms with van der Waals surface area (Å²) in [7, 11) is 0. The molecule has 0 saturated carbocycles. The lowest BCUT2D eigenvalue weighted by Gasteiger charge is -2.00. The number of rotatable bonds is 3. The quantitative estimate of drug-likeness (QED) is 0.729. The summed E-state index contributed by atoms with van der Waals surface area (Å²) in [6.45, 7) is 0. The Balaban J connectivity index is 3.18. The standard InChI is InChI=1S/C10H8FNO3/c11-7-2-3-8(10(14)15)6(5-7)1-4-9(12)13/h1-5H,(H2,12,13)(H,14,15). The van der Waals surface area contributed by atoms with Gasteiger partial charge in [-0.05, 0) is 29.8 Å². The van der Waals surface area contributed by atoms with Crippen LogP contribution in [-0.2, 0) is 4.79 Å². The van der Waals surface area contributed by atoms with Crippen LogP contribution >= 0.6 is 0 Å². The van der Waals surface area contributed by atoms with Crippen molar-refractivity contribution in [3.63, 3.8) is 0 Å². The second-order valence-corrected chi connectivity index (χ2v) is 2.77. The summed E-state index contributed by atoms with van der Waals surface area (Å²) in [5, 5.41) is 8.75. The number of carboxylic acids is 1. The van der Waals surface area contributed by atoms with Crippen molar-refractivity contribution in [3.8, 4) is 0 Å². The number of hydrogen-bond acceptors (Lipinski definition) is 2. The minimum absolute atomic E-state index is 0.0890. The first-order valence-electron chi connectivity index (χ1n) is 4.01. The van der Waals surface area contributed by atoms with E-state index in [-0.39, 0.29) is 11.1 Å². The molecule has 0 aliphatic rings. The molecule has 1 rings (SSSR count). The number of aromatic carboxylic acids is 1. The molecule has 0 aromatic heterocycles. The maximum Gasteiger partial charge on any atom is 0.336 e. The maximum absolute atomic E-state index is 12.8. The number of nitrogens with two attached hydrogens (primary N) is 1. The predicted octanol–water partition coefficient (Wildman–Crippen LogP) is 1.02. The Kier molecular flexibility index (Phi) is 3.17. The number of carbonyl (C=O) groups is 2. The van der Waals surface area contributed by atoms with Crippen LogP contribution in [0.15, 0.2) is 24.3 Å². The van der Waals surface area contributed by atoms with E-state index >= 15 is 0 Å². The van der Waals surface area contributed by atoms with Gasteiger partial charge in [0, 0.05) is 6.08 Å². The number of primary amides is 1. The zero-order valence-corrected chi connectivity index (χ0v) is 7.61. The predicted molar refractivity (Wildman–Crippen MR) is 51.6 cm³/mol. The van der Waals surface area contributed by atoms with Crippen LogP contribution in [0.3, 0.4) is 0 Å². The molecule has 0 aliphatic carbocycles. The van der Waals surface area contributed by atoms with E-state index in [9.17, 15) is 14.0 Å². The third-order valence-corrected chi connectivity index (χ3v) is 1.67. The van der Waals surface area contributed by atoms with E-state index in [1.54, 1.807) is 0 Å². The highest BCUT2D eigenvalue weighted by atomic mass is 19.1. The molecule has 5 heteroatoms. The third kappa shape index (κ3) is 2.91. The summed E-state index contributed by atoms with van der Waals surface area (Å²) in [6, 6.07) is 3.17. The van der Waals surface area contributed by atoms with E-state index in [0.717, 1.165) is 30.4 Å². The van der Waals surface area contributed by atoms with E-state index in [2.05, 4.69) is 0 Å². The molecule has 1 aromatic rings. The molecule has 0 fully saturated rings. The lowest BCUT2D eigenvalue weighted by molar-refractivity contribution is -0.113. The summed E-state index contributed by atoms with van der Waals surface area (Å²) in [6.07, 6.45) is 2.13. The molecule has 0 saturated heterocycles. The van der Waals surface area contributed by atoms with Crippen LogP contribution in [0.25, 0.3) is 6.08 Å². The van der Waals surface area contributed by atoms with Gasteiger partial charge in [-0.1, -0.05) is 0 Å². The number of amides is 1. The molecule has 0 heterocycles. The Morgan fingerprint density at radius 2 is 2.07 bits per heavy atom. The molecule has 78 valence electrons. The topological polar surface area (TPSA) is 80.4 Å². The molecule has 3 N–H and O–H groups in total. The largest absolute Gasteiger partial charge is 0.478 e. The number of carbonyl (C=O) groups excluding carboxylic acids is 1. The summed E-state index contributed by atoms with van der Waals surface area (Å²) in [5.74, 6) is -2.50. The van der Waals surface area contributed by atoms with Crippen LogP contribution < -0.4 is 5.73 Å². The van der Waals surface area contributed by atoms with Gasteiger partial charge in [-0.3, -0.25) is 4.79 Å². The Hall–Kier alpha value is -2.17. The lowest BCUT2D eigenvalue weighted by atomic mass is 10.1. The van der Waals surface area contributed by atoms with Gasteiger partial charge in [-0.15, -0.1) is 0 Å². The Bertz CT molecular complexity index is 440. The molecule has 0 radical (unpaired) electrons. The van der Waals surface area contributed by atoms with Gasteiger partial charge in [-0.2, -0.15) is 0 Å². The van der Waals surface area contributed by atoms with Crippen LogP contribution in [0, 0.1) is 5.82 Å². The fourth-order valence-corrected chi connectivity index (χ4v) is 1.04. The SMILES string of the molecule is NC(=O)C=Cc1cc(F)ccc1C(=O)O. The summed E-state index contributed by atoms with van der Waals surface area (Å²) < 4.78 is 12.8. The van der Waals surface area contributed by atoms with Crippen LogP contribution in [0.4, 0.5) is 4.39 Å². The molecule has 0 spiro atoms. The molecular formula is C10H8FNO3. The van der Waals surface area contributed by atoms with Gasteiger partial charge < -0.3 is 10.8 Å². The van der Waals surface area contributed by atoms with Crippen molar-refractivity contribution in [1.29, 1.82) is 0 Å². The normalized spacial score (nSPS) is 10.5. The number of carboxylic acid groups (broad SMARTS) is 1. The van der Waals surface area contributed by atoms with Gasteiger partial charge in [0.2, 0.25) is 5.91 Å². The third-order valence-electron chi connectivity index (χ3n) is 1.67. The average Bonchev–Trinajstić information content (AvgIpc) is 2.14. The van der Waals surface area contributed by atoms with Crippen LogP contribution in [-0.4, -0.2) is 17.0 Å². The van der Waals surface area contributed by atoms with Crippen molar-refractivity contribution >= 4 is 18.0 Å². The van der Waals surface area contributed by atoms with Gasteiger partial charge >= 0.3 is 5.97 Å². The van der Waals surface area contributed by atoms with Crippen molar-refractivity contribution in [1.82, 2.24) is 0 Å². The minimum atomic E-state index is -1.20. The van der Waals surface area contributed by atoms with Crippen LogP contribution in [0.1, 0.15) is 15.9 Å². The van der Waals surface area contributed by atoms with Crippen molar-refractivity contribution in [2.45, 2.75) is 0 Å². The Morgan fingerprint density at radius 1 is 1.40 bits per heavy atom. The lowest BCUT2D eigenvalue weighted by Crippen LogP contribution is -2.06. The van der Waals surface area contributed by atoms with Gasteiger partial charge in [0.15, 0.2) is 0 Å². The van der Waals surface area contributed by atoms with Gasteiger partial charge in [0.25, 0.3) is 0 Å². The van der Waals surface area contributed by atoms with E-state index in [1.807, 2.05) is 0 Å². The highest BCUT2D eigenvalue weighted by Crippen LogP contribution is 2.13. The van der Waals surface area contributed by atoms with E-state index in [0.29, 0.717) is 0 Å². The van der Waals surface area contributed by atoms with E-state index in [1.165, 1.54) is 0 Å². The van der Waals surface area contributed by atoms with Crippen molar-refractivity contribution < 1.29 is 19.1 Å². The fraction of sp³-hybridized carbons (Fsp3) is 0. The van der Waals surface area contributed by atoms with Gasteiger partial charge in [0.05, 0.1) is 5.56 Å². The summed E-state index contributed by atoms with van der Waals surface area (Å²) in [4.78, 5) is 21.1. The van der Waals surface area contributed by atoms with E-state index < -0.39 is 17.7 Å². The molecular weight excluding hydrogens is 201 g/mol. The van der Waals surface area contributed by atoms with Crippen molar-refractivity contribution in [2.24, 2.45) is 5.73 Å². The van der Waals surface area contributed by atoms with Crippen LogP contribution in [0.2, 0.25) is 0 Å². The Labute approximate surface area is 84.8 Å². The zero-order valence-electron chi connectivity index (χ0n) is 7.61. The second-order valence-electron chi connectivity index (χ2n) is 2.77. The highest BCUT2D eigenvalue weighted by molar-refractivity contribution is 5.95. The van der Waals surface area contributed by atoms with Crippen molar-refractivity contribution in [2.75, 3.05) is 0 Å². The Morgan fingerprint density at radius 3 is 2.60 bits per heavy atom. The average molecular weight is 209 g/mol. The molecule has 4 nitrogen and oxygen atoms in total. The van der Waals surface area contributed by atoms with Gasteiger partial charge in [0.1, 0.15) is 5.82 Å². The first kappa shape index (κ1) is 10.9. The molecule has 0 bridgehead atoms. The first-order chi connectivity index (χ1) is 7.00. The highest BCUT2D eigenvalue weighted by Gasteiger charge is 2.08. The number of benzene rings is 1. The summed E-state index contributed by atoms with van der Waals surface area (Å²) in [5.41, 5.74) is 4.85. The molecule has 0 unspecified atom stereocenters. The molecule has 1 aromatic carbocycles. The van der Waals surface area contributed by atoms with Gasteiger partial charge in [-0.25, -0.2) is 9.18 Å². The van der Waals surface area contributed by atoms with E-state index in [4.69, 9.17) is 10.8 Å².